The molecule has 0 spiro atoms. The molecule has 2 atom stereocenters. The van der Waals surface area contributed by atoms with Gasteiger partial charge < -0.3 is 10.1 Å². The Labute approximate surface area is 107 Å². The summed E-state index contributed by atoms with van der Waals surface area (Å²) in [5.74, 6) is 0.914. The summed E-state index contributed by atoms with van der Waals surface area (Å²) in [5.41, 5.74) is 2.21. The number of rotatable bonds is 2. The second-order valence-electron chi connectivity index (χ2n) is 4.37. The zero-order valence-electron chi connectivity index (χ0n) is 10.0. The molecule has 1 aromatic carbocycles. The van der Waals surface area contributed by atoms with Gasteiger partial charge in [-0.1, -0.05) is 49.1 Å². The van der Waals surface area contributed by atoms with Crippen LogP contribution in [0.5, 0.6) is 5.75 Å². The summed E-state index contributed by atoms with van der Waals surface area (Å²) in [5, 5.41) is 3.47. The van der Waals surface area contributed by atoms with Crippen LogP contribution in [0.2, 0.25) is 0 Å². The minimum atomic E-state index is 0.0503. The van der Waals surface area contributed by atoms with Crippen molar-refractivity contribution in [3.8, 4) is 5.75 Å². The van der Waals surface area contributed by atoms with Gasteiger partial charge in [-0.2, -0.15) is 0 Å². The van der Waals surface area contributed by atoms with Crippen LogP contribution in [0.25, 0.3) is 0 Å². The highest BCUT2D eigenvalue weighted by Gasteiger charge is 2.27. The van der Waals surface area contributed by atoms with E-state index in [4.69, 9.17) is 4.74 Å². The largest absolute Gasteiger partial charge is 0.482 e. The van der Waals surface area contributed by atoms with Crippen LogP contribution < -0.4 is 10.1 Å². The number of nitrogens with one attached hydrogen (secondary N) is 1. The highest BCUT2D eigenvalue weighted by atomic mass is 16.5. The molecule has 1 aromatic rings. The number of para-hydroxylation sites is 2. The van der Waals surface area contributed by atoms with Crippen LogP contribution in [0.15, 0.2) is 72.9 Å². The first-order chi connectivity index (χ1) is 8.86. The normalized spacial score (nSPS) is 24.6. The molecule has 1 heterocycles. The molecule has 0 saturated heterocycles. The number of benzene rings is 1. The molecule has 0 saturated carbocycles. The van der Waals surface area contributed by atoms with E-state index in [9.17, 15) is 0 Å². The van der Waals surface area contributed by atoms with Gasteiger partial charge in [0.05, 0.1) is 11.7 Å². The van der Waals surface area contributed by atoms with E-state index in [0.29, 0.717) is 0 Å². The fourth-order valence-corrected chi connectivity index (χ4v) is 2.22. The minimum Gasteiger partial charge on any atom is -0.482 e. The highest BCUT2D eigenvalue weighted by Crippen LogP contribution is 2.33. The van der Waals surface area contributed by atoms with E-state index in [1.807, 2.05) is 36.4 Å². The first kappa shape index (κ1) is 10.9. The van der Waals surface area contributed by atoms with Crippen molar-refractivity contribution in [2.24, 2.45) is 0 Å². The Balaban J connectivity index is 1.87. The van der Waals surface area contributed by atoms with Crippen molar-refractivity contribution in [3.63, 3.8) is 0 Å². The summed E-state index contributed by atoms with van der Waals surface area (Å²) in [6, 6.07) is 8.23. The van der Waals surface area contributed by atoms with Crippen molar-refractivity contribution < 1.29 is 4.74 Å². The van der Waals surface area contributed by atoms with Gasteiger partial charge in [0.1, 0.15) is 11.9 Å². The van der Waals surface area contributed by atoms with Crippen LogP contribution in [0, 0.1) is 0 Å². The van der Waals surface area contributed by atoms with Crippen LogP contribution in [0.4, 0.5) is 5.69 Å². The molecule has 1 aliphatic heterocycles. The van der Waals surface area contributed by atoms with Crippen LogP contribution in [-0.2, 0) is 0 Å². The summed E-state index contributed by atoms with van der Waals surface area (Å²) < 4.78 is 6.00. The number of allylic oxidation sites excluding steroid dienone is 5. The zero-order valence-corrected chi connectivity index (χ0v) is 10.0. The molecule has 2 heteroatoms. The lowest BCUT2D eigenvalue weighted by Gasteiger charge is -2.33. The van der Waals surface area contributed by atoms with E-state index in [2.05, 4.69) is 30.1 Å². The average Bonchev–Trinajstić information content (AvgIpc) is 2.42. The Bertz CT molecular complexity index is 554. The van der Waals surface area contributed by atoms with Crippen molar-refractivity contribution in [1.29, 1.82) is 0 Å². The molecule has 2 nitrogen and oxygen atoms in total. The molecular weight excluding hydrogens is 222 g/mol. The van der Waals surface area contributed by atoms with E-state index in [1.54, 1.807) is 6.08 Å². The Hall–Kier alpha value is -2.22. The van der Waals surface area contributed by atoms with Gasteiger partial charge in [-0.3, -0.25) is 0 Å². The topological polar surface area (TPSA) is 21.3 Å². The van der Waals surface area contributed by atoms with Gasteiger partial charge in [-0.05, 0) is 23.8 Å². The van der Waals surface area contributed by atoms with Gasteiger partial charge in [0.25, 0.3) is 0 Å². The SMILES string of the molecule is C=C/C=C\C1=C[C@@H]2Oc3ccccc3N[C@H]2C=C1. The van der Waals surface area contributed by atoms with Gasteiger partial charge in [-0.15, -0.1) is 0 Å². The van der Waals surface area contributed by atoms with E-state index in [-0.39, 0.29) is 12.1 Å². The number of ether oxygens (including phenoxy) is 1. The van der Waals surface area contributed by atoms with Crippen LogP contribution >= 0.6 is 0 Å². The van der Waals surface area contributed by atoms with Crippen LogP contribution in [0.3, 0.4) is 0 Å². The van der Waals surface area contributed by atoms with E-state index in [1.165, 1.54) is 0 Å². The molecule has 1 N–H and O–H groups in total. The average molecular weight is 237 g/mol. The molecule has 0 aromatic heterocycles. The molecule has 0 bridgehead atoms. The fraction of sp³-hybridized carbons (Fsp3) is 0.125. The van der Waals surface area contributed by atoms with Gasteiger partial charge in [-0.25, -0.2) is 0 Å². The van der Waals surface area contributed by atoms with Crippen molar-refractivity contribution in [3.05, 3.63) is 72.9 Å². The summed E-state index contributed by atoms with van der Waals surface area (Å²) >= 11 is 0. The first-order valence-corrected chi connectivity index (χ1v) is 6.08. The molecule has 0 radical (unpaired) electrons. The standard InChI is InChI=1S/C16H15NO/c1-2-3-6-12-9-10-14-16(11-12)18-15-8-5-4-7-13(15)17-14/h2-11,14,16-17H,1H2/b6-3-/t14-,16-/m0/s1. The molecule has 2 aliphatic rings. The second kappa shape index (κ2) is 4.57. The number of hydrogen-bond acceptors (Lipinski definition) is 2. The maximum absolute atomic E-state index is 6.00. The quantitative estimate of drug-likeness (QED) is 0.795. The monoisotopic (exact) mass is 237 g/mol. The van der Waals surface area contributed by atoms with E-state index < -0.39 is 0 Å². The minimum absolute atomic E-state index is 0.0503. The van der Waals surface area contributed by atoms with Gasteiger partial charge >= 0.3 is 0 Å². The summed E-state index contributed by atoms with van der Waals surface area (Å²) in [6.45, 7) is 3.67. The molecule has 90 valence electrons. The lowest BCUT2D eigenvalue weighted by molar-refractivity contribution is 0.228. The third-order valence-electron chi connectivity index (χ3n) is 3.10. The number of hydrogen-bond donors (Lipinski definition) is 1. The summed E-state index contributed by atoms with van der Waals surface area (Å²) in [6.07, 6.45) is 12.2. The summed E-state index contributed by atoms with van der Waals surface area (Å²) in [7, 11) is 0. The summed E-state index contributed by atoms with van der Waals surface area (Å²) in [4.78, 5) is 0. The molecule has 0 unspecified atom stereocenters. The van der Waals surface area contributed by atoms with E-state index in [0.717, 1.165) is 17.0 Å². The lowest BCUT2D eigenvalue weighted by Crippen LogP contribution is -2.40. The van der Waals surface area contributed by atoms with Gasteiger partial charge in [0, 0.05) is 0 Å². The van der Waals surface area contributed by atoms with E-state index >= 15 is 0 Å². The maximum atomic E-state index is 6.00. The Morgan fingerprint density at radius 1 is 1.28 bits per heavy atom. The fourth-order valence-electron chi connectivity index (χ4n) is 2.22. The zero-order chi connectivity index (χ0) is 12.4. The predicted molar refractivity (Wildman–Crippen MR) is 74.8 cm³/mol. The van der Waals surface area contributed by atoms with Gasteiger partial charge in [0.15, 0.2) is 0 Å². The molecule has 0 amide bonds. The molecule has 0 fully saturated rings. The number of anilines is 1. The molecule has 18 heavy (non-hydrogen) atoms. The third kappa shape index (κ3) is 1.97. The van der Waals surface area contributed by atoms with Crippen LogP contribution in [-0.4, -0.2) is 12.1 Å². The molecular formula is C16H15NO. The van der Waals surface area contributed by atoms with Crippen LogP contribution in [0.1, 0.15) is 0 Å². The molecule has 1 aliphatic carbocycles. The lowest BCUT2D eigenvalue weighted by atomic mass is 9.98. The van der Waals surface area contributed by atoms with Crippen molar-refractivity contribution in [2.45, 2.75) is 12.1 Å². The van der Waals surface area contributed by atoms with Crippen molar-refractivity contribution in [2.75, 3.05) is 5.32 Å². The Morgan fingerprint density at radius 3 is 3.06 bits per heavy atom. The number of fused-ring (bicyclic) bond motifs is 2. The predicted octanol–water partition coefficient (Wildman–Crippen LogP) is 3.47. The van der Waals surface area contributed by atoms with Gasteiger partial charge in [0.2, 0.25) is 0 Å². The smallest absolute Gasteiger partial charge is 0.143 e. The Kier molecular flexibility index (Phi) is 2.77. The maximum Gasteiger partial charge on any atom is 0.143 e. The van der Waals surface area contributed by atoms with Crippen molar-refractivity contribution >= 4 is 5.69 Å². The highest BCUT2D eigenvalue weighted by molar-refractivity contribution is 5.60. The molecule has 3 rings (SSSR count). The first-order valence-electron chi connectivity index (χ1n) is 6.08. The van der Waals surface area contributed by atoms with Crippen molar-refractivity contribution in [1.82, 2.24) is 0 Å². The second-order valence-corrected chi connectivity index (χ2v) is 4.37. The third-order valence-corrected chi connectivity index (χ3v) is 3.10. The Morgan fingerprint density at radius 2 is 2.17 bits per heavy atom.